The van der Waals surface area contributed by atoms with E-state index in [9.17, 15) is 9.59 Å². The van der Waals surface area contributed by atoms with Gasteiger partial charge in [-0.2, -0.15) is 0 Å². The van der Waals surface area contributed by atoms with Crippen molar-refractivity contribution in [2.45, 2.75) is 14.8 Å². The summed E-state index contributed by atoms with van der Waals surface area (Å²) >= 11 is -0.543. The summed E-state index contributed by atoms with van der Waals surface area (Å²) < 4.78 is 0. The van der Waals surface area contributed by atoms with Gasteiger partial charge in [-0.25, -0.2) is 9.59 Å². The summed E-state index contributed by atoms with van der Waals surface area (Å²) in [6.07, 6.45) is 1.12. The number of aliphatic carboxylic acids is 2. The van der Waals surface area contributed by atoms with Crippen LogP contribution in [0, 0.1) is 0 Å². The molecule has 0 aromatic heterocycles. The van der Waals surface area contributed by atoms with Crippen molar-refractivity contribution in [1.29, 1.82) is 0 Å². The fourth-order valence-corrected chi connectivity index (χ4v) is 0.143. The zero-order chi connectivity index (χ0) is 10.1. The Balaban J connectivity index is 0. The number of rotatable bonds is 2. The van der Waals surface area contributed by atoms with E-state index in [0.717, 1.165) is 0 Å². The minimum atomic E-state index is -1.26. The third-order valence-corrected chi connectivity index (χ3v) is 0.368. The van der Waals surface area contributed by atoms with Gasteiger partial charge in [-0.1, -0.05) is 0 Å². The zero-order valence-electron chi connectivity index (χ0n) is 7.37. The molecule has 0 aliphatic heterocycles. The first kappa shape index (κ1) is 14.0. The van der Waals surface area contributed by atoms with Crippen molar-refractivity contribution in [3.63, 3.8) is 0 Å². The molecule has 0 atom stereocenters. The predicted octanol–water partition coefficient (Wildman–Crippen LogP) is 1.08. The quantitative estimate of drug-likeness (QED) is 0.586. The molecule has 0 heterocycles. The predicted molar refractivity (Wildman–Crippen MR) is 47.8 cm³/mol. The number of carboxylic acids is 2. The number of hydrogen-bond donors (Lipinski definition) is 2. The van der Waals surface area contributed by atoms with Gasteiger partial charge >= 0.3 is 46.5 Å². The van der Waals surface area contributed by atoms with Crippen LogP contribution in [0.5, 0.6) is 0 Å². The fourth-order valence-electron chi connectivity index (χ4n) is 0.143. The zero-order valence-corrected chi connectivity index (χ0v) is 10.2. The normalized spacial score (nSPS) is 9.33. The van der Waals surface area contributed by atoms with Crippen molar-refractivity contribution in [1.82, 2.24) is 0 Å². The first-order valence-electron chi connectivity index (χ1n) is 3.27. The van der Waals surface area contributed by atoms with Crippen molar-refractivity contribution in [2.24, 2.45) is 0 Å². The van der Waals surface area contributed by atoms with Gasteiger partial charge in [0.2, 0.25) is 0 Å². The molecule has 4 nitrogen and oxygen atoms in total. The topological polar surface area (TPSA) is 74.6 Å². The standard InChI is InChI=1S/C4H4O4.3CH3.Sn/c5-3(6)1-2-4(7)8;;;;/h1-2H,(H,5,6)(H,7,8);3*1H3;. The molecule has 0 aromatic rings. The van der Waals surface area contributed by atoms with Crippen LogP contribution >= 0.6 is 0 Å². The summed E-state index contributed by atoms with van der Waals surface area (Å²) in [4.78, 5) is 26.2. The van der Waals surface area contributed by atoms with E-state index in [1.54, 1.807) is 0 Å². The van der Waals surface area contributed by atoms with Crippen molar-refractivity contribution in [2.75, 3.05) is 0 Å². The van der Waals surface area contributed by atoms with E-state index < -0.39 is 31.7 Å². The molecule has 0 bridgehead atoms. The van der Waals surface area contributed by atoms with Gasteiger partial charge in [0.1, 0.15) is 0 Å². The first-order chi connectivity index (χ1) is 5.36. The second-order valence-corrected chi connectivity index (χ2v) is 11.1. The summed E-state index contributed by atoms with van der Waals surface area (Å²) in [6, 6.07) is 0. The van der Waals surface area contributed by atoms with Gasteiger partial charge in [-0.3, -0.25) is 0 Å². The van der Waals surface area contributed by atoms with Gasteiger partial charge in [-0.15, -0.1) is 0 Å². The van der Waals surface area contributed by atoms with Crippen molar-refractivity contribution < 1.29 is 19.8 Å². The SMILES string of the molecule is O=C(O)C=CC(=O)O.[CH3][Sn]([CH3])[CH3]. The van der Waals surface area contributed by atoms with Crippen LogP contribution in [-0.4, -0.2) is 41.9 Å². The molecular weight excluding hydrogens is 267 g/mol. The molecule has 2 N–H and O–H groups in total. The van der Waals surface area contributed by atoms with Crippen LogP contribution in [0.4, 0.5) is 0 Å². The average Bonchev–Trinajstić information content (AvgIpc) is 1.82. The van der Waals surface area contributed by atoms with Crippen molar-refractivity contribution >= 4 is 31.7 Å². The van der Waals surface area contributed by atoms with Crippen LogP contribution < -0.4 is 0 Å². The third kappa shape index (κ3) is 34.0. The van der Waals surface area contributed by atoms with Crippen molar-refractivity contribution in [3.8, 4) is 0 Å². The molecular formula is C7H13O4Sn. The Hall–Kier alpha value is -0.521. The van der Waals surface area contributed by atoms with E-state index >= 15 is 0 Å². The van der Waals surface area contributed by atoms with E-state index in [1.165, 1.54) is 0 Å². The third-order valence-electron chi connectivity index (χ3n) is 0.368. The Morgan fingerprint density at radius 1 is 1.00 bits per heavy atom. The monoisotopic (exact) mass is 281 g/mol. The van der Waals surface area contributed by atoms with Gasteiger partial charge in [-0.05, 0) is 0 Å². The van der Waals surface area contributed by atoms with E-state index in [0.29, 0.717) is 12.2 Å². The molecule has 12 heavy (non-hydrogen) atoms. The van der Waals surface area contributed by atoms with Crippen LogP contribution in [0.1, 0.15) is 0 Å². The second-order valence-electron chi connectivity index (χ2n) is 2.51. The van der Waals surface area contributed by atoms with Crippen molar-refractivity contribution in [3.05, 3.63) is 12.2 Å². The minimum absolute atomic E-state index is 0.543. The molecule has 0 aliphatic carbocycles. The van der Waals surface area contributed by atoms with Crippen LogP contribution in [0.3, 0.4) is 0 Å². The Bertz CT molecular complexity index is 155. The molecule has 0 saturated carbocycles. The molecule has 1 radical (unpaired) electrons. The Morgan fingerprint density at radius 3 is 1.25 bits per heavy atom. The number of carbonyl (C=O) groups is 2. The Morgan fingerprint density at radius 2 is 1.17 bits per heavy atom. The molecule has 0 aromatic carbocycles. The summed E-state index contributed by atoms with van der Waals surface area (Å²) in [5.74, 6) is -2.51. The Kier molecular flexibility index (Phi) is 10.0. The first-order valence-corrected chi connectivity index (χ1v) is 11.8. The maximum atomic E-state index is 9.55. The van der Waals surface area contributed by atoms with E-state index in [2.05, 4.69) is 14.8 Å². The van der Waals surface area contributed by atoms with Gasteiger partial charge in [0.25, 0.3) is 0 Å². The maximum absolute atomic E-state index is 9.55. The molecule has 0 saturated heterocycles. The molecule has 0 aliphatic rings. The summed E-state index contributed by atoms with van der Waals surface area (Å²) in [5.41, 5.74) is 0. The van der Waals surface area contributed by atoms with Gasteiger partial charge in [0.05, 0.1) is 0 Å². The fraction of sp³-hybridized carbons (Fsp3) is 0.429. The van der Waals surface area contributed by atoms with E-state index in [4.69, 9.17) is 10.2 Å². The summed E-state index contributed by atoms with van der Waals surface area (Å²) in [7, 11) is 0. The van der Waals surface area contributed by atoms with E-state index in [1.807, 2.05) is 0 Å². The van der Waals surface area contributed by atoms with Crippen LogP contribution in [0.25, 0.3) is 0 Å². The summed E-state index contributed by atoms with van der Waals surface area (Å²) in [6.45, 7) is 0. The van der Waals surface area contributed by atoms with Gasteiger partial charge < -0.3 is 10.2 Å². The molecule has 0 fully saturated rings. The number of carboxylic acid groups (broad SMARTS) is 2. The molecule has 0 amide bonds. The molecule has 0 unspecified atom stereocenters. The van der Waals surface area contributed by atoms with Gasteiger partial charge in [0, 0.05) is 12.2 Å². The molecule has 69 valence electrons. The summed E-state index contributed by atoms with van der Waals surface area (Å²) in [5, 5.41) is 15.6. The van der Waals surface area contributed by atoms with Crippen LogP contribution in [0.2, 0.25) is 14.8 Å². The van der Waals surface area contributed by atoms with Gasteiger partial charge in [0.15, 0.2) is 0 Å². The van der Waals surface area contributed by atoms with Crippen LogP contribution in [-0.2, 0) is 9.59 Å². The van der Waals surface area contributed by atoms with Crippen LogP contribution in [0.15, 0.2) is 12.2 Å². The average molecular weight is 280 g/mol. The molecule has 0 spiro atoms. The number of hydrogen-bond acceptors (Lipinski definition) is 2. The Labute approximate surface area is 78.6 Å². The molecule has 0 rings (SSSR count). The molecule has 5 heteroatoms. The second kappa shape index (κ2) is 8.57. The van der Waals surface area contributed by atoms with E-state index in [-0.39, 0.29) is 0 Å².